The van der Waals surface area contributed by atoms with E-state index >= 15 is 0 Å². The van der Waals surface area contributed by atoms with E-state index in [1.807, 2.05) is 23.1 Å². The van der Waals surface area contributed by atoms with Gasteiger partial charge in [0.05, 0.1) is 11.5 Å². The molecule has 2 fully saturated rings. The van der Waals surface area contributed by atoms with E-state index in [1.165, 1.54) is 0 Å². The van der Waals surface area contributed by atoms with Crippen LogP contribution in [0, 0.1) is 0 Å². The fourth-order valence-corrected chi connectivity index (χ4v) is 5.31. The van der Waals surface area contributed by atoms with Crippen molar-refractivity contribution in [1.29, 1.82) is 0 Å². The molecule has 1 aromatic carbocycles. The molecule has 4 rings (SSSR count). The second-order valence-corrected chi connectivity index (χ2v) is 9.49. The molecule has 0 bridgehead atoms. The Bertz CT molecular complexity index is 830. The molecule has 146 valence electrons. The van der Waals surface area contributed by atoms with Crippen LogP contribution in [0.25, 0.3) is 6.08 Å². The minimum absolute atomic E-state index is 0.00135. The number of piperazine rings is 1. The number of hydrogen-bond acceptors (Lipinski definition) is 6. The first-order valence-electron chi connectivity index (χ1n) is 9.31. The topological polar surface area (TPSA) is 76.2 Å². The average Bonchev–Trinajstić information content (AvgIpc) is 3.14. The van der Waals surface area contributed by atoms with Crippen molar-refractivity contribution in [2.45, 2.75) is 18.9 Å². The highest BCUT2D eigenvalue weighted by molar-refractivity contribution is 7.91. The highest BCUT2D eigenvalue weighted by Gasteiger charge is 2.30. The van der Waals surface area contributed by atoms with Gasteiger partial charge < -0.3 is 14.4 Å². The average molecular weight is 392 g/mol. The molecule has 3 heterocycles. The molecule has 0 radical (unpaired) electrons. The van der Waals surface area contributed by atoms with Crippen molar-refractivity contribution in [2.24, 2.45) is 0 Å². The second kappa shape index (κ2) is 7.52. The van der Waals surface area contributed by atoms with Crippen LogP contribution in [-0.2, 0) is 14.6 Å². The van der Waals surface area contributed by atoms with E-state index in [0.29, 0.717) is 37.7 Å². The van der Waals surface area contributed by atoms with Gasteiger partial charge in [-0.25, -0.2) is 8.42 Å². The van der Waals surface area contributed by atoms with Gasteiger partial charge in [-0.3, -0.25) is 9.69 Å². The zero-order chi connectivity index (χ0) is 18.9. The Hall–Kier alpha value is -2.06. The minimum Gasteiger partial charge on any atom is -0.454 e. The van der Waals surface area contributed by atoms with Crippen LogP contribution < -0.4 is 9.47 Å². The number of carbonyl (C=O) groups is 1. The number of ether oxygens (including phenoxy) is 2. The van der Waals surface area contributed by atoms with Gasteiger partial charge in [-0.05, 0) is 36.6 Å². The second-order valence-electron chi connectivity index (χ2n) is 7.19. The number of carbonyl (C=O) groups excluding carboxylic acids is 1. The van der Waals surface area contributed by atoms with Crippen LogP contribution in [0.3, 0.4) is 0 Å². The van der Waals surface area contributed by atoms with E-state index in [1.54, 1.807) is 12.2 Å². The largest absolute Gasteiger partial charge is 0.454 e. The number of fused-ring (bicyclic) bond motifs is 1. The summed E-state index contributed by atoms with van der Waals surface area (Å²) in [6.07, 6.45) is 4.81. The number of hydrogen-bond donors (Lipinski definition) is 0. The minimum atomic E-state index is -2.83. The van der Waals surface area contributed by atoms with Crippen LogP contribution in [0.2, 0.25) is 0 Å². The number of rotatable bonds is 3. The molecule has 0 aliphatic carbocycles. The van der Waals surface area contributed by atoms with Crippen LogP contribution in [0.5, 0.6) is 11.5 Å². The summed E-state index contributed by atoms with van der Waals surface area (Å²) in [5.74, 6) is 2.00. The van der Waals surface area contributed by atoms with Gasteiger partial charge in [0.1, 0.15) is 9.84 Å². The summed E-state index contributed by atoms with van der Waals surface area (Å²) < 4.78 is 33.8. The molecule has 8 heteroatoms. The van der Waals surface area contributed by atoms with Crippen molar-refractivity contribution in [1.82, 2.24) is 9.80 Å². The van der Waals surface area contributed by atoms with Gasteiger partial charge in [0.15, 0.2) is 11.5 Å². The number of benzene rings is 1. The first-order valence-corrected chi connectivity index (χ1v) is 11.1. The maximum absolute atomic E-state index is 12.5. The molecule has 0 spiro atoms. The third-order valence-electron chi connectivity index (χ3n) is 5.48. The van der Waals surface area contributed by atoms with Gasteiger partial charge in [0.2, 0.25) is 12.7 Å². The Morgan fingerprint density at radius 1 is 1.04 bits per heavy atom. The summed E-state index contributed by atoms with van der Waals surface area (Å²) in [6.45, 7) is 3.18. The maximum Gasteiger partial charge on any atom is 0.246 e. The molecule has 2 saturated heterocycles. The van der Waals surface area contributed by atoms with Gasteiger partial charge in [0.25, 0.3) is 0 Å². The SMILES string of the molecule is O=C(/C=C\c1ccc2c(c1)OCO2)N1CCN(C2CCS(=O)(=O)CC2)CC1. The molecule has 1 aromatic rings. The lowest BCUT2D eigenvalue weighted by atomic mass is 10.1. The van der Waals surface area contributed by atoms with Crippen LogP contribution in [0.4, 0.5) is 0 Å². The van der Waals surface area contributed by atoms with Crippen molar-refractivity contribution in [3.63, 3.8) is 0 Å². The molecule has 27 heavy (non-hydrogen) atoms. The zero-order valence-electron chi connectivity index (χ0n) is 15.2. The molecule has 7 nitrogen and oxygen atoms in total. The van der Waals surface area contributed by atoms with Crippen molar-refractivity contribution >= 4 is 21.8 Å². The van der Waals surface area contributed by atoms with E-state index in [9.17, 15) is 13.2 Å². The van der Waals surface area contributed by atoms with E-state index in [0.717, 1.165) is 24.4 Å². The zero-order valence-corrected chi connectivity index (χ0v) is 16.0. The van der Waals surface area contributed by atoms with Crippen molar-refractivity contribution < 1.29 is 22.7 Å². The molecule has 1 amide bonds. The first kappa shape index (κ1) is 18.3. The van der Waals surface area contributed by atoms with Crippen LogP contribution in [-0.4, -0.2) is 74.6 Å². The van der Waals surface area contributed by atoms with Crippen LogP contribution in [0.1, 0.15) is 18.4 Å². The van der Waals surface area contributed by atoms with E-state index in [4.69, 9.17) is 9.47 Å². The Labute approximate surface area is 159 Å². The summed E-state index contributed by atoms with van der Waals surface area (Å²) in [7, 11) is -2.83. The van der Waals surface area contributed by atoms with Gasteiger partial charge in [-0.15, -0.1) is 0 Å². The number of sulfone groups is 1. The lowest BCUT2D eigenvalue weighted by Gasteiger charge is -2.40. The lowest BCUT2D eigenvalue weighted by molar-refractivity contribution is -0.128. The standard InChI is InChI=1S/C19H24N2O5S/c22-19(4-2-15-1-3-17-18(13-15)26-14-25-17)21-9-7-20(8-10-21)16-5-11-27(23,24)12-6-16/h1-4,13,16H,5-12,14H2/b4-2-. The molecule has 0 unspecified atom stereocenters. The van der Waals surface area contributed by atoms with Crippen molar-refractivity contribution in [2.75, 3.05) is 44.5 Å². The highest BCUT2D eigenvalue weighted by Crippen LogP contribution is 2.32. The fourth-order valence-electron chi connectivity index (χ4n) is 3.84. The summed E-state index contributed by atoms with van der Waals surface area (Å²) in [5, 5.41) is 0. The Kier molecular flexibility index (Phi) is 5.10. The number of amides is 1. The fraction of sp³-hybridized carbons (Fsp3) is 0.526. The summed E-state index contributed by atoms with van der Waals surface area (Å²) >= 11 is 0. The predicted molar refractivity (Wildman–Crippen MR) is 101 cm³/mol. The van der Waals surface area contributed by atoms with Gasteiger partial charge in [-0.1, -0.05) is 6.07 Å². The van der Waals surface area contributed by atoms with Gasteiger partial charge >= 0.3 is 0 Å². The number of nitrogens with zero attached hydrogens (tertiary/aromatic N) is 2. The van der Waals surface area contributed by atoms with Crippen LogP contribution >= 0.6 is 0 Å². The smallest absolute Gasteiger partial charge is 0.246 e. The van der Waals surface area contributed by atoms with Gasteiger partial charge in [0, 0.05) is 38.3 Å². The normalized spacial score (nSPS) is 23.0. The third-order valence-corrected chi connectivity index (χ3v) is 7.20. The quantitative estimate of drug-likeness (QED) is 0.719. The Morgan fingerprint density at radius 2 is 1.74 bits per heavy atom. The Balaban J connectivity index is 1.28. The molecule has 0 saturated carbocycles. The highest BCUT2D eigenvalue weighted by atomic mass is 32.2. The molecule has 0 aromatic heterocycles. The van der Waals surface area contributed by atoms with E-state index < -0.39 is 9.84 Å². The maximum atomic E-state index is 12.5. The molecule has 0 atom stereocenters. The van der Waals surface area contributed by atoms with Crippen molar-refractivity contribution in [3.8, 4) is 11.5 Å². The van der Waals surface area contributed by atoms with Crippen LogP contribution in [0.15, 0.2) is 24.3 Å². The van der Waals surface area contributed by atoms with E-state index in [-0.39, 0.29) is 24.2 Å². The Morgan fingerprint density at radius 3 is 2.48 bits per heavy atom. The first-order chi connectivity index (χ1) is 13.0. The van der Waals surface area contributed by atoms with E-state index in [2.05, 4.69) is 4.90 Å². The lowest BCUT2D eigenvalue weighted by Crippen LogP contribution is -2.53. The molecule has 3 aliphatic heterocycles. The molecule has 0 N–H and O–H groups in total. The summed E-state index contributed by atoms with van der Waals surface area (Å²) in [6, 6.07) is 5.93. The summed E-state index contributed by atoms with van der Waals surface area (Å²) in [4.78, 5) is 16.6. The monoisotopic (exact) mass is 392 g/mol. The summed E-state index contributed by atoms with van der Waals surface area (Å²) in [5.41, 5.74) is 0.898. The predicted octanol–water partition coefficient (Wildman–Crippen LogP) is 1.15. The molecular formula is C19H24N2O5S. The third kappa shape index (κ3) is 4.27. The molecule has 3 aliphatic rings. The molecular weight excluding hydrogens is 368 g/mol. The van der Waals surface area contributed by atoms with Gasteiger partial charge in [-0.2, -0.15) is 0 Å². The van der Waals surface area contributed by atoms with Crippen molar-refractivity contribution in [3.05, 3.63) is 29.8 Å².